The predicted octanol–water partition coefficient (Wildman–Crippen LogP) is 4.63. The normalized spacial score (nSPS) is 10.0. The van der Waals surface area contributed by atoms with Gasteiger partial charge in [-0.1, -0.05) is 29.8 Å². The van der Waals surface area contributed by atoms with Crippen molar-refractivity contribution in [1.82, 2.24) is 4.98 Å². The van der Waals surface area contributed by atoms with Crippen LogP contribution in [0, 0.1) is 0 Å². The molecule has 0 atom stereocenters. The molecule has 1 heterocycles. The third-order valence-electron chi connectivity index (χ3n) is 3.43. The number of nitrogens with zero attached hydrogens (tertiary/aromatic N) is 1. The second-order valence-corrected chi connectivity index (χ2v) is 5.71. The summed E-state index contributed by atoms with van der Waals surface area (Å²) in [5.74, 6) is 0.151. The number of carbonyl (C=O) groups excluding carboxylic acids is 2. The van der Waals surface area contributed by atoms with Crippen molar-refractivity contribution in [3.05, 3.63) is 83.5 Å². The summed E-state index contributed by atoms with van der Waals surface area (Å²) in [5.41, 5.74) is 1.56. The summed E-state index contributed by atoms with van der Waals surface area (Å²) < 4.78 is 0. The molecule has 1 aromatic heterocycles. The minimum Gasteiger partial charge on any atom is -0.322 e. The molecule has 3 amide bonds. The van der Waals surface area contributed by atoms with Crippen LogP contribution in [0.15, 0.2) is 72.9 Å². The van der Waals surface area contributed by atoms with E-state index in [-0.39, 0.29) is 5.91 Å². The zero-order valence-electron chi connectivity index (χ0n) is 13.6. The number of aromatic nitrogens is 1. The molecule has 0 bridgehead atoms. The Kier molecular flexibility index (Phi) is 5.46. The van der Waals surface area contributed by atoms with Crippen LogP contribution in [0.2, 0.25) is 5.02 Å². The van der Waals surface area contributed by atoms with Crippen molar-refractivity contribution < 1.29 is 9.59 Å². The Morgan fingerprint density at radius 1 is 0.769 bits per heavy atom. The Morgan fingerprint density at radius 2 is 1.42 bits per heavy atom. The van der Waals surface area contributed by atoms with E-state index in [0.717, 1.165) is 0 Å². The maximum Gasteiger partial charge on any atom is 0.324 e. The minimum atomic E-state index is -0.406. The number of benzene rings is 2. The number of hydrogen-bond acceptors (Lipinski definition) is 3. The van der Waals surface area contributed by atoms with E-state index >= 15 is 0 Å². The lowest BCUT2D eigenvalue weighted by molar-refractivity contribution is 0.102. The quantitative estimate of drug-likeness (QED) is 0.629. The van der Waals surface area contributed by atoms with E-state index in [2.05, 4.69) is 20.9 Å². The van der Waals surface area contributed by atoms with Crippen LogP contribution < -0.4 is 16.0 Å². The highest BCUT2D eigenvalue weighted by Gasteiger charge is 2.10. The summed E-state index contributed by atoms with van der Waals surface area (Å²) in [4.78, 5) is 28.2. The summed E-state index contributed by atoms with van der Waals surface area (Å²) in [6, 6.07) is 18.4. The summed E-state index contributed by atoms with van der Waals surface area (Å²) in [6.45, 7) is 0. The molecular weight excluding hydrogens is 352 g/mol. The van der Waals surface area contributed by atoms with Gasteiger partial charge in [0.25, 0.3) is 5.91 Å². The van der Waals surface area contributed by atoms with Gasteiger partial charge in [0.2, 0.25) is 0 Å². The third kappa shape index (κ3) is 4.58. The van der Waals surface area contributed by atoms with Crippen LogP contribution in [0.5, 0.6) is 0 Å². The van der Waals surface area contributed by atoms with E-state index in [9.17, 15) is 9.59 Å². The fourth-order valence-corrected chi connectivity index (χ4v) is 2.42. The highest BCUT2D eigenvalue weighted by molar-refractivity contribution is 6.34. The maximum atomic E-state index is 12.2. The van der Waals surface area contributed by atoms with Crippen LogP contribution in [-0.4, -0.2) is 16.9 Å². The number of pyridine rings is 1. The molecule has 0 aliphatic rings. The largest absolute Gasteiger partial charge is 0.324 e. The van der Waals surface area contributed by atoms with Crippen molar-refractivity contribution >= 4 is 40.7 Å². The lowest BCUT2D eigenvalue weighted by Gasteiger charge is -2.09. The number of nitrogens with one attached hydrogen (secondary N) is 3. The van der Waals surface area contributed by atoms with Gasteiger partial charge >= 0.3 is 6.03 Å². The average molecular weight is 367 g/mol. The van der Waals surface area contributed by atoms with Crippen molar-refractivity contribution in [3.63, 3.8) is 0 Å². The van der Waals surface area contributed by atoms with E-state index in [0.29, 0.717) is 27.8 Å². The van der Waals surface area contributed by atoms with Crippen molar-refractivity contribution in [1.29, 1.82) is 0 Å². The first-order valence-corrected chi connectivity index (χ1v) is 8.14. The van der Waals surface area contributed by atoms with Gasteiger partial charge in [-0.25, -0.2) is 9.78 Å². The lowest BCUT2D eigenvalue weighted by atomic mass is 10.2. The Balaban J connectivity index is 1.59. The van der Waals surface area contributed by atoms with Crippen LogP contribution in [0.3, 0.4) is 0 Å². The number of carbonyl (C=O) groups is 2. The Hall–Kier alpha value is -3.38. The first kappa shape index (κ1) is 17.4. The van der Waals surface area contributed by atoms with Gasteiger partial charge < -0.3 is 10.6 Å². The Labute approximate surface area is 155 Å². The van der Waals surface area contributed by atoms with Crippen LogP contribution in [-0.2, 0) is 0 Å². The second kappa shape index (κ2) is 8.13. The summed E-state index contributed by atoms with van der Waals surface area (Å²) in [5, 5.41) is 8.45. The minimum absolute atomic E-state index is 0.302. The van der Waals surface area contributed by atoms with Crippen LogP contribution in [0.25, 0.3) is 0 Å². The molecule has 130 valence electrons. The standard InChI is InChI=1S/C19H15ClN4O2/c20-16-6-2-1-5-15(16)18(25)22-13-8-10-14(11-9-13)23-19(26)24-17-7-3-4-12-21-17/h1-12H,(H,22,25)(H2,21,23,24,26). The summed E-state index contributed by atoms with van der Waals surface area (Å²) >= 11 is 6.01. The fraction of sp³-hybridized carbons (Fsp3) is 0. The first-order chi connectivity index (χ1) is 12.6. The van der Waals surface area contributed by atoms with Gasteiger partial charge in [0, 0.05) is 17.6 Å². The van der Waals surface area contributed by atoms with Gasteiger partial charge in [-0.3, -0.25) is 10.1 Å². The number of amides is 3. The molecule has 0 spiro atoms. The van der Waals surface area contributed by atoms with Crippen LogP contribution in [0.1, 0.15) is 10.4 Å². The average Bonchev–Trinajstić information content (AvgIpc) is 2.64. The van der Waals surface area contributed by atoms with Gasteiger partial charge in [-0.05, 0) is 48.5 Å². The molecule has 0 saturated carbocycles. The molecule has 7 heteroatoms. The van der Waals surface area contributed by atoms with Crippen molar-refractivity contribution in [3.8, 4) is 0 Å². The summed E-state index contributed by atoms with van der Waals surface area (Å²) in [6.07, 6.45) is 1.59. The van der Waals surface area contributed by atoms with E-state index in [4.69, 9.17) is 11.6 Å². The van der Waals surface area contributed by atoms with Gasteiger partial charge in [-0.15, -0.1) is 0 Å². The molecule has 0 aliphatic carbocycles. The third-order valence-corrected chi connectivity index (χ3v) is 3.76. The SMILES string of the molecule is O=C(Nc1ccc(NC(=O)c2ccccc2Cl)cc1)Nc1ccccn1. The van der Waals surface area contributed by atoms with Gasteiger partial charge in [-0.2, -0.15) is 0 Å². The van der Waals surface area contributed by atoms with Gasteiger partial charge in [0.15, 0.2) is 0 Å². The predicted molar refractivity (Wildman–Crippen MR) is 103 cm³/mol. The van der Waals surface area contributed by atoms with Crippen molar-refractivity contribution in [2.75, 3.05) is 16.0 Å². The maximum absolute atomic E-state index is 12.2. The number of anilines is 3. The molecule has 3 rings (SSSR count). The van der Waals surface area contributed by atoms with Crippen molar-refractivity contribution in [2.24, 2.45) is 0 Å². The van der Waals surface area contributed by atoms with Gasteiger partial charge in [0.05, 0.1) is 10.6 Å². The van der Waals surface area contributed by atoms with E-state index in [1.54, 1.807) is 72.9 Å². The zero-order chi connectivity index (χ0) is 18.4. The van der Waals surface area contributed by atoms with E-state index < -0.39 is 6.03 Å². The molecular formula is C19H15ClN4O2. The van der Waals surface area contributed by atoms with E-state index in [1.165, 1.54) is 0 Å². The Morgan fingerprint density at radius 3 is 2.08 bits per heavy atom. The molecule has 26 heavy (non-hydrogen) atoms. The molecule has 2 aromatic carbocycles. The second-order valence-electron chi connectivity index (χ2n) is 5.31. The Bertz CT molecular complexity index is 914. The molecule has 0 radical (unpaired) electrons. The summed E-state index contributed by atoms with van der Waals surface area (Å²) in [7, 11) is 0. The van der Waals surface area contributed by atoms with Gasteiger partial charge in [0.1, 0.15) is 5.82 Å². The lowest BCUT2D eigenvalue weighted by Crippen LogP contribution is -2.20. The number of urea groups is 1. The molecule has 0 unspecified atom stereocenters. The molecule has 6 nitrogen and oxygen atoms in total. The fourth-order valence-electron chi connectivity index (χ4n) is 2.20. The number of rotatable bonds is 4. The number of hydrogen-bond donors (Lipinski definition) is 3. The topological polar surface area (TPSA) is 83.1 Å². The van der Waals surface area contributed by atoms with Crippen LogP contribution >= 0.6 is 11.6 Å². The molecule has 0 saturated heterocycles. The monoisotopic (exact) mass is 366 g/mol. The van der Waals surface area contributed by atoms with Crippen LogP contribution in [0.4, 0.5) is 22.0 Å². The molecule has 3 aromatic rings. The number of halogens is 1. The first-order valence-electron chi connectivity index (χ1n) is 7.77. The van der Waals surface area contributed by atoms with Crippen molar-refractivity contribution in [2.45, 2.75) is 0 Å². The van der Waals surface area contributed by atoms with E-state index in [1.807, 2.05) is 0 Å². The molecule has 3 N–H and O–H groups in total. The molecule has 0 fully saturated rings. The smallest absolute Gasteiger partial charge is 0.322 e. The molecule has 0 aliphatic heterocycles. The zero-order valence-corrected chi connectivity index (χ0v) is 14.3. The highest BCUT2D eigenvalue weighted by atomic mass is 35.5. The highest BCUT2D eigenvalue weighted by Crippen LogP contribution is 2.18.